The van der Waals surface area contributed by atoms with Crippen molar-refractivity contribution in [1.82, 2.24) is 9.80 Å². The number of nitrogens with zero attached hydrogens (tertiary/aromatic N) is 2. The average molecular weight is 465 g/mol. The normalized spacial score (nSPS) is 18.5. The molecule has 0 unspecified atom stereocenters. The topological polar surface area (TPSA) is 76.2 Å². The molecule has 0 spiro atoms. The number of benzene rings is 1. The summed E-state index contributed by atoms with van der Waals surface area (Å²) >= 11 is 4.26. The fourth-order valence-corrected chi connectivity index (χ4v) is 4.00. The molecule has 0 saturated carbocycles. The van der Waals surface area contributed by atoms with Crippen molar-refractivity contribution in [3.8, 4) is 18.1 Å². The van der Waals surface area contributed by atoms with Crippen LogP contribution in [-0.4, -0.2) is 66.3 Å². The van der Waals surface area contributed by atoms with E-state index < -0.39 is 5.91 Å². The van der Waals surface area contributed by atoms with E-state index in [0.29, 0.717) is 47.0 Å². The Hall–Kier alpha value is -2.28. The van der Waals surface area contributed by atoms with E-state index in [9.17, 15) is 14.4 Å². The van der Waals surface area contributed by atoms with Crippen LogP contribution in [0.5, 0.6) is 5.75 Å². The summed E-state index contributed by atoms with van der Waals surface area (Å²) in [6.07, 6.45) is 6.81. The number of hydrogen-bond donors (Lipinski definition) is 0. The second-order valence-corrected chi connectivity index (χ2v) is 7.79. The van der Waals surface area contributed by atoms with Crippen molar-refractivity contribution in [2.45, 2.75) is 0 Å². The lowest BCUT2D eigenvalue weighted by molar-refractivity contribution is -0.137. The van der Waals surface area contributed by atoms with Gasteiger partial charge in [0.2, 0.25) is 0 Å². The van der Waals surface area contributed by atoms with Gasteiger partial charge in [0.1, 0.15) is 5.75 Å². The molecule has 146 valence electrons. The van der Waals surface area contributed by atoms with E-state index in [0.717, 1.165) is 16.7 Å². The first-order chi connectivity index (χ1) is 13.5. The number of rotatable bonds is 5. The number of morpholine rings is 1. The highest BCUT2D eigenvalue weighted by Gasteiger charge is 2.34. The quantitative estimate of drug-likeness (QED) is 0.491. The van der Waals surface area contributed by atoms with Gasteiger partial charge in [-0.25, -0.2) is 0 Å². The Balaban J connectivity index is 1.64. The van der Waals surface area contributed by atoms with Crippen LogP contribution in [0.2, 0.25) is 0 Å². The highest BCUT2D eigenvalue weighted by molar-refractivity contribution is 9.10. The minimum absolute atomic E-state index is 0.0460. The van der Waals surface area contributed by atoms with E-state index in [-0.39, 0.29) is 24.3 Å². The van der Waals surface area contributed by atoms with Crippen molar-refractivity contribution in [3.63, 3.8) is 0 Å². The number of imide groups is 1. The summed E-state index contributed by atoms with van der Waals surface area (Å²) in [7, 11) is 0. The predicted octanol–water partition coefficient (Wildman–Crippen LogP) is 2.36. The zero-order chi connectivity index (χ0) is 20.1. The van der Waals surface area contributed by atoms with Gasteiger partial charge in [-0.1, -0.05) is 12.0 Å². The molecule has 1 aromatic rings. The molecule has 3 rings (SSSR count). The summed E-state index contributed by atoms with van der Waals surface area (Å²) in [5.74, 6) is 2.31. The zero-order valence-corrected chi connectivity index (χ0v) is 17.3. The van der Waals surface area contributed by atoms with Crippen molar-refractivity contribution in [2.24, 2.45) is 0 Å². The standard InChI is InChI=1S/C19H17BrN2O5S/c1-2-5-22-18(24)16(28-19(22)25)11-13-3-4-15(14(20)10-13)27-12-17(23)21-6-8-26-9-7-21/h1,3-4,10-11H,5-9,12H2. The number of ether oxygens (including phenoxy) is 2. The molecule has 1 aromatic carbocycles. The Labute approximate surface area is 175 Å². The molecule has 0 aromatic heterocycles. The molecule has 2 heterocycles. The Morgan fingerprint density at radius 1 is 1.36 bits per heavy atom. The summed E-state index contributed by atoms with van der Waals surface area (Å²) in [5.41, 5.74) is 0.713. The van der Waals surface area contributed by atoms with Crippen molar-refractivity contribution in [3.05, 3.63) is 33.1 Å². The van der Waals surface area contributed by atoms with Gasteiger partial charge in [-0.05, 0) is 51.5 Å². The van der Waals surface area contributed by atoms with Gasteiger partial charge in [0.25, 0.3) is 17.1 Å². The molecule has 0 bridgehead atoms. The lowest BCUT2D eigenvalue weighted by atomic mass is 10.2. The van der Waals surface area contributed by atoms with Crippen molar-refractivity contribution in [2.75, 3.05) is 39.5 Å². The van der Waals surface area contributed by atoms with Crippen molar-refractivity contribution in [1.29, 1.82) is 0 Å². The SMILES string of the molecule is C#CCN1C(=O)SC(=Cc2ccc(OCC(=O)N3CCOCC3)c(Br)c2)C1=O. The summed E-state index contributed by atoms with van der Waals surface area (Å²) in [5, 5.41) is -0.380. The third kappa shape index (κ3) is 4.76. The van der Waals surface area contributed by atoms with Crippen LogP contribution in [0.1, 0.15) is 5.56 Å². The monoisotopic (exact) mass is 464 g/mol. The fraction of sp³-hybridized carbons (Fsp3) is 0.316. The molecule has 0 aliphatic carbocycles. The Morgan fingerprint density at radius 2 is 2.11 bits per heavy atom. The van der Waals surface area contributed by atoms with E-state index in [2.05, 4.69) is 21.9 Å². The molecule has 3 amide bonds. The van der Waals surface area contributed by atoms with Gasteiger partial charge >= 0.3 is 0 Å². The maximum absolute atomic E-state index is 12.2. The first-order valence-corrected chi connectivity index (χ1v) is 10.1. The maximum atomic E-state index is 12.2. The molecule has 0 radical (unpaired) electrons. The molecule has 9 heteroatoms. The van der Waals surface area contributed by atoms with Gasteiger partial charge < -0.3 is 14.4 Å². The highest BCUT2D eigenvalue weighted by atomic mass is 79.9. The molecule has 28 heavy (non-hydrogen) atoms. The lowest BCUT2D eigenvalue weighted by Crippen LogP contribution is -2.43. The third-order valence-electron chi connectivity index (χ3n) is 4.09. The number of terminal acetylenes is 1. The van der Waals surface area contributed by atoms with Crippen LogP contribution in [0.15, 0.2) is 27.6 Å². The smallest absolute Gasteiger partial charge is 0.294 e. The van der Waals surface area contributed by atoms with E-state index in [1.165, 1.54) is 0 Å². The summed E-state index contributed by atoms with van der Waals surface area (Å²) in [4.78, 5) is 39.3. The minimum Gasteiger partial charge on any atom is -0.483 e. The van der Waals surface area contributed by atoms with E-state index in [4.69, 9.17) is 15.9 Å². The fourth-order valence-electron chi connectivity index (χ4n) is 2.65. The maximum Gasteiger partial charge on any atom is 0.294 e. The van der Waals surface area contributed by atoms with Gasteiger partial charge in [0.05, 0.1) is 29.1 Å². The van der Waals surface area contributed by atoms with E-state index in [1.54, 1.807) is 29.2 Å². The van der Waals surface area contributed by atoms with Crippen LogP contribution in [-0.2, 0) is 14.3 Å². The Morgan fingerprint density at radius 3 is 2.79 bits per heavy atom. The number of hydrogen-bond acceptors (Lipinski definition) is 6. The first-order valence-electron chi connectivity index (χ1n) is 8.46. The summed E-state index contributed by atoms with van der Waals surface area (Å²) in [6, 6.07) is 5.20. The van der Waals surface area contributed by atoms with Crippen molar-refractivity contribution < 1.29 is 23.9 Å². The molecule has 0 N–H and O–H groups in total. The second kappa shape index (κ2) is 9.28. The zero-order valence-electron chi connectivity index (χ0n) is 14.9. The lowest BCUT2D eigenvalue weighted by Gasteiger charge is -2.26. The van der Waals surface area contributed by atoms with Crippen molar-refractivity contribution >= 4 is 50.8 Å². The number of thioether (sulfide) groups is 1. The third-order valence-corrected chi connectivity index (χ3v) is 5.62. The first kappa shape index (κ1) is 20.5. The number of amides is 3. The van der Waals surface area contributed by atoms with Gasteiger partial charge in [-0.3, -0.25) is 19.3 Å². The number of halogens is 1. The number of carbonyl (C=O) groups is 3. The van der Waals surface area contributed by atoms with E-state index >= 15 is 0 Å². The van der Waals surface area contributed by atoms with E-state index in [1.807, 2.05) is 0 Å². The second-order valence-electron chi connectivity index (χ2n) is 5.94. The average Bonchev–Trinajstić information content (AvgIpc) is 2.95. The van der Waals surface area contributed by atoms with Crippen LogP contribution < -0.4 is 4.74 Å². The molecule has 2 saturated heterocycles. The number of carbonyl (C=O) groups excluding carboxylic acids is 3. The molecular weight excluding hydrogens is 448 g/mol. The molecule has 0 atom stereocenters. The molecule has 2 aliphatic heterocycles. The summed E-state index contributed by atoms with van der Waals surface area (Å²) < 4.78 is 11.5. The van der Waals surface area contributed by atoms with Crippen LogP contribution in [0.4, 0.5) is 4.79 Å². The van der Waals surface area contributed by atoms with Gasteiger partial charge in [-0.2, -0.15) is 0 Å². The van der Waals surface area contributed by atoms with Crippen LogP contribution in [0, 0.1) is 12.3 Å². The van der Waals surface area contributed by atoms with Crippen LogP contribution in [0.25, 0.3) is 6.08 Å². The minimum atomic E-state index is -0.402. The molecule has 2 aliphatic rings. The van der Waals surface area contributed by atoms with Gasteiger partial charge in [-0.15, -0.1) is 6.42 Å². The van der Waals surface area contributed by atoms with Gasteiger partial charge in [0, 0.05) is 13.1 Å². The van der Waals surface area contributed by atoms with Gasteiger partial charge in [0.15, 0.2) is 6.61 Å². The molecule has 2 fully saturated rings. The van der Waals surface area contributed by atoms with Crippen LogP contribution in [0.3, 0.4) is 0 Å². The molecule has 7 nitrogen and oxygen atoms in total. The highest BCUT2D eigenvalue weighted by Crippen LogP contribution is 2.33. The molecular formula is C19H17BrN2O5S. The Bertz CT molecular complexity index is 874. The Kier molecular flexibility index (Phi) is 6.78. The largest absolute Gasteiger partial charge is 0.483 e. The summed E-state index contributed by atoms with van der Waals surface area (Å²) in [6.45, 7) is 2.10. The predicted molar refractivity (Wildman–Crippen MR) is 109 cm³/mol. The van der Waals surface area contributed by atoms with Crippen LogP contribution >= 0.6 is 27.7 Å².